The molecule has 0 saturated carbocycles. The fourth-order valence-electron chi connectivity index (χ4n) is 0. The molecule has 0 bridgehead atoms. The van der Waals surface area contributed by atoms with E-state index in [9.17, 15) is 0 Å². The zero-order chi connectivity index (χ0) is 5.41. The predicted octanol–water partition coefficient (Wildman–Crippen LogP) is 0.796. The van der Waals surface area contributed by atoms with Gasteiger partial charge in [0.15, 0.2) is 0 Å². The average Bonchev–Trinajstić information content (AvgIpc) is 1.72. The van der Waals surface area contributed by atoms with Crippen molar-refractivity contribution in [3.8, 4) is 0 Å². The van der Waals surface area contributed by atoms with E-state index < -0.39 is 0 Å². The molecule has 0 fully saturated rings. The molecule has 5 heteroatoms. The van der Waals surface area contributed by atoms with Crippen molar-refractivity contribution in [2.24, 2.45) is 0 Å². The molecule has 0 radical (unpaired) electrons. The third-order valence-corrected chi connectivity index (χ3v) is 0.129. The molecule has 0 saturated heterocycles. The summed E-state index contributed by atoms with van der Waals surface area (Å²) in [6.07, 6.45) is 0. The van der Waals surface area contributed by atoms with E-state index in [1.54, 1.807) is 6.92 Å². The minimum atomic E-state index is 0. The fourth-order valence-corrected chi connectivity index (χ4v) is 0. The molecule has 0 aliphatic carbocycles. The van der Waals surface area contributed by atoms with Gasteiger partial charge in [0.2, 0.25) is 0 Å². The van der Waals surface area contributed by atoms with Crippen molar-refractivity contribution < 1.29 is 33.9 Å². The molecular weight excluding hydrogens is 155 g/mol. The van der Waals surface area contributed by atoms with Crippen molar-refractivity contribution in [1.29, 1.82) is 0 Å². The first-order valence-electron chi connectivity index (χ1n) is 1.38. The van der Waals surface area contributed by atoms with Crippen molar-refractivity contribution >= 4 is 12.4 Å². The Morgan fingerprint density at radius 2 is 1.86 bits per heavy atom. The molecule has 0 rings (SSSR count). The summed E-state index contributed by atoms with van der Waals surface area (Å²) < 4.78 is 8.25. The Kier molecular flexibility index (Phi) is 66.4. The monoisotopic (exact) mass is 162 g/mol. The number of halogens is 1. The van der Waals surface area contributed by atoms with Gasteiger partial charge in [-0.15, -0.1) is 12.4 Å². The molecule has 0 heterocycles. The molecular formula is C2H7ClO3Ti. The molecule has 0 atom stereocenters. The van der Waals surface area contributed by atoms with Crippen molar-refractivity contribution in [3.63, 3.8) is 0 Å². The van der Waals surface area contributed by atoms with Gasteiger partial charge in [-0.3, -0.25) is 5.26 Å². The zero-order valence-corrected chi connectivity index (χ0v) is 6.26. The van der Waals surface area contributed by atoms with Gasteiger partial charge in [-0.2, -0.15) is 0 Å². The van der Waals surface area contributed by atoms with Crippen LogP contribution in [0.3, 0.4) is 0 Å². The van der Waals surface area contributed by atoms with Gasteiger partial charge in [-0.25, -0.2) is 4.89 Å². The third-order valence-electron chi connectivity index (χ3n) is 0.129. The van der Waals surface area contributed by atoms with E-state index >= 15 is 0 Å². The van der Waals surface area contributed by atoms with Gasteiger partial charge in [0.1, 0.15) is 0 Å². The molecule has 0 spiro atoms. The summed E-state index contributed by atoms with van der Waals surface area (Å²) in [6.45, 7) is 2.08. The second kappa shape index (κ2) is 29.7. The Balaban J connectivity index is -0.0000000480. The Labute approximate surface area is 60.1 Å². The molecule has 0 aromatic carbocycles. The van der Waals surface area contributed by atoms with E-state index in [1.807, 2.05) is 0 Å². The SMILES string of the molecule is CCOO.Cl.[O]=[Ti]. The van der Waals surface area contributed by atoms with Crippen LogP contribution in [0.5, 0.6) is 0 Å². The van der Waals surface area contributed by atoms with Gasteiger partial charge < -0.3 is 0 Å². The number of hydrogen-bond donors (Lipinski definition) is 1. The van der Waals surface area contributed by atoms with Gasteiger partial charge in [-0.05, 0) is 6.92 Å². The van der Waals surface area contributed by atoms with Crippen LogP contribution in [0.4, 0.5) is 0 Å². The molecule has 1 N–H and O–H groups in total. The number of rotatable bonds is 1. The minimum absolute atomic E-state index is 0. The van der Waals surface area contributed by atoms with Crippen LogP contribution in [0.1, 0.15) is 6.92 Å². The van der Waals surface area contributed by atoms with Gasteiger partial charge in [0.05, 0.1) is 6.61 Å². The van der Waals surface area contributed by atoms with E-state index in [-0.39, 0.29) is 12.4 Å². The van der Waals surface area contributed by atoms with Crippen LogP contribution in [-0.4, -0.2) is 11.9 Å². The van der Waals surface area contributed by atoms with Crippen molar-refractivity contribution in [2.45, 2.75) is 6.92 Å². The molecule has 0 aliphatic rings. The van der Waals surface area contributed by atoms with Gasteiger partial charge >= 0.3 is 23.7 Å². The summed E-state index contributed by atoms with van der Waals surface area (Å²) in [6, 6.07) is 0. The van der Waals surface area contributed by atoms with Gasteiger partial charge in [0, 0.05) is 0 Å². The molecule has 3 nitrogen and oxygen atoms in total. The maximum atomic E-state index is 8.25. The third kappa shape index (κ3) is 50.5. The summed E-state index contributed by atoms with van der Waals surface area (Å²) in [5, 5.41) is 7.38. The summed E-state index contributed by atoms with van der Waals surface area (Å²) in [7, 11) is 0. The Morgan fingerprint density at radius 3 is 1.86 bits per heavy atom. The Morgan fingerprint density at radius 1 is 1.71 bits per heavy atom. The van der Waals surface area contributed by atoms with E-state index in [2.05, 4.69) is 4.89 Å². The van der Waals surface area contributed by atoms with Crippen LogP contribution in [0.2, 0.25) is 0 Å². The summed E-state index contributed by atoms with van der Waals surface area (Å²) in [5.41, 5.74) is 0. The maximum absolute atomic E-state index is 8.25. The summed E-state index contributed by atoms with van der Waals surface area (Å²) >= 11 is 0.750. The van der Waals surface area contributed by atoms with Crippen molar-refractivity contribution in [1.82, 2.24) is 0 Å². The van der Waals surface area contributed by atoms with E-state index in [0.717, 1.165) is 20.4 Å². The first kappa shape index (κ1) is 15.6. The average molecular weight is 162 g/mol. The first-order valence-corrected chi connectivity index (χ1v) is 2.02. The summed E-state index contributed by atoms with van der Waals surface area (Å²) in [5.74, 6) is 0. The van der Waals surface area contributed by atoms with Gasteiger partial charge in [-0.1, -0.05) is 0 Å². The number of hydrogen-bond acceptors (Lipinski definition) is 3. The molecule has 0 unspecified atom stereocenters. The molecule has 7 heavy (non-hydrogen) atoms. The van der Waals surface area contributed by atoms with Crippen molar-refractivity contribution in [2.75, 3.05) is 6.61 Å². The van der Waals surface area contributed by atoms with Crippen LogP contribution >= 0.6 is 12.4 Å². The van der Waals surface area contributed by atoms with E-state index in [4.69, 9.17) is 8.58 Å². The predicted molar refractivity (Wildman–Crippen MR) is 22.2 cm³/mol. The topological polar surface area (TPSA) is 46.5 Å². The second-order valence-electron chi connectivity index (χ2n) is 0.418. The van der Waals surface area contributed by atoms with Crippen LogP contribution in [0, 0.1) is 0 Å². The molecule has 0 amide bonds. The molecule has 0 aromatic rings. The molecule has 0 aliphatic heterocycles. The Bertz CT molecular complexity index is 20.4. The Hall–Kier alpha value is 0.724. The normalized spacial score (nSPS) is 4.71. The fraction of sp³-hybridized carbons (Fsp3) is 1.00. The van der Waals surface area contributed by atoms with Crippen LogP contribution in [0.25, 0.3) is 0 Å². The van der Waals surface area contributed by atoms with E-state index in [0.29, 0.717) is 6.61 Å². The zero-order valence-electron chi connectivity index (χ0n) is 3.88. The van der Waals surface area contributed by atoms with Crippen LogP contribution < -0.4 is 0 Å². The second-order valence-corrected chi connectivity index (χ2v) is 0.418. The van der Waals surface area contributed by atoms with Crippen molar-refractivity contribution in [3.05, 3.63) is 0 Å². The van der Waals surface area contributed by atoms with Crippen LogP contribution in [0.15, 0.2) is 0 Å². The van der Waals surface area contributed by atoms with Crippen LogP contribution in [-0.2, 0) is 28.6 Å². The molecule has 44 valence electrons. The van der Waals surface area contributed by atoms with E-state index in [1.165, 1.54) is 0 Å². The standard InChI is InChI=1S/C2H6O2.ClH.O.Ti/c1-2-4-3;;;/h3H,2H2,1H3;1H;;. The quantitative estimate of drug-likeness (QED) is 0.352. The molecule has 0 aromatic heterocycles. The summed E-state index contributed by atoms with van der Waals surface area (Å²) in [4.78, 5) is 3.54. The van der Waals surface area contributed by atoms with Gasteiger partial charge in [0.25, 0.3) is 0 Å². The first-order chi connectivity index (χ1) is 2.91.